The molecule has 0 aliphatic heterocycles. The quantitative estimate of drug-likeness (QED) is 0.813. The number of rotatable bonds is 2. The van der Waals surface area contributed by atoms with Crippen LogP contribution in [0, 0.1) is 6.92 Å². The Morgan fingerprint density at radius 1 is 1.33 bits per heavy atom. The molecule has 1 aromatic heterocycles. The molecule has 2 aromatic rings. The normalized spacial score (nSPS) is 10.1. The molecule has 0 bridgehead atoms. The number of carbonyl (C=O) groups excluding carboxylic acids is 1. The standard InChI is InChI=1S/C12H13N5O/c1-7-5-8(3-4-9(7)11(18)14-2)10-6-15-12(13)17-16-10/h3-6H,1-2H3,(H,14,18)(H2,13,15,17). The van der Waals surface area contributed by atoms with Gasteiger partial charge in [0.15, 0.2) is 0 Å². The summed E-state index contributed by atoms with van der Waals surface area (Å²) in [4.78, 5) is 15.4. The maximum absolute atomic E-state index is 11.6. The van der Waals surface area contributed by atoms with Gasteiger partial charge in [0.25, 0.3) is 5.91 Å². The van der Waals surface area contributed by atoms with Crippen molar-refractivity contribution >= 4 is 11.9 Å². The van der Waals surface area contributed by atoms with Gasteiger partial charge in [-0.25, -0.2) is 4.98 Å². The summed E-state index contributed by atoms with van der Waals surface area (Å²) in [7, 11) is 1.60. The number of nitrogens with zero attached hydrogens (tertiary/aromatic N) is 3. The number of anilines is 1. The maximum atomic E-state index is 11.6. The molecule has 2 rings (SSSR count). The fourth-order valence-corrected chi connectivity index (χ4v) is 1.63. The number of benzene rings is 1. The first-order valence-corrected chi connectivity index (χ1v) is 5.40. The Bertz CT molecular complexity index is 580. The van der Waals surface area contributed by atoms with Crippen LogP contribution in [0.4, 0.5) is 5.95 Å². The summed E-state index contributed by atoms with van der Waals surface area (Å²) < 4.78 is 0. The molecule has 0 aliphatic carbocycles. The Balaban J connectivity index is 2.40. The zero-order chi connectivity index (χ0) is 13.1. The number of carbonyl (C=O) groups is 1. The number of nitrogens with two attached hydrogens (primary N) is 1. The van der Waals surface area contributed by atoms with Gasteiger partial charge in [-0.3, -0.25) is 4.79 Å². The van der Waals surface area contributed by atoms with Gasteiger partial charge in [0.05, 0.1) is 6.20 Å². The number of nitrogens with one attached hydrogen (secondary N) is 1. The van der Waals surface area contributed by atoms with E-state index in [1.54, 1.807) is 25.4 Å². The Labute approximate surface area is 104 Å². The number of amides is 1. The highest BCUT2D eigenvalue weighted by Gasteiger charge is 2.09. The van der Waals surface area contributed by atoms with Gasteiger partial charge in [0, 0.05) is 18.2 Å². The summed E-state index contributed by atoms with van der Waals surface area (Å²) >= 11 is 0. The monoisotopic (exact) mass is 243 g/mol. The van der Waals surface area contributed by atoms with Gasteiger partial charge in [0.2, 0.25) is 5.95 Å². The molecule has 18 heavy (non-hydrogen) atoms. The van der Waals surface area contributed by atoms with Crippen LogP contribution < -0.4 is 11.1 Å². The molecule has 0 spiro atoms. The van der Waals surface area contributed by atoms with Gasteiger partial charge in [-0.1, -0.05) is 6.07 Å². The van der Waals surface area contributed by atoms with E-state index in [-0.39, 0.29) is 11.9 Å². The van der Waals surface area contributed by atoms with Crippen molar-refractivity contribution in [1.29, 1.82) is 0 Å². The minimum Gasteiger partial charge on any atom is -0.366 e. The minimum atomic E-state index is -0.111. The summed E-state index contributed by atoms with van der Waals surface area (Å²) in [6, 6.07) is 5.42. The van der Waals surface area contributed by atoms with Crippen molar-refractivity contribution in [3.8, 4) is 11.3 Å². The second kappa shape index (κ2) is 4.79. The SMILES string of the molecule is CNC(=O)c1ccc(-c2cnc(N)nn2)cc1C. The van der Waals surface area contributed by atoms with Crippen LogP contribution in [0.2, 0.25) is 0 Å². The van der Waals surface area contributed by atoms with E-state index in [0.29, 0.717) is 11.3 Å². The van der Waals surface area contributed by atoms with Gasteiger partial charge in [0.1, 0.15) is 5.69 Å². The number of aryl methyl sites for hydroxylation is 1. The average molecular weight is 243 g/mol. The third kappa shape index (κ3) is 2.27. The van der Waals surface area contributed by atoms with Crippen LogP contribution >= 0.6 is 0 Å². The lowest BCUT2D eigenvalue weighted by molar-refractivity contribution is 0.0962. The lowest BCUT2D eigenvalue weighted by Gasteiger charge is -2.06. The van der Waals surface area contributed by atoms with Crippen molar-refractivity contribution in [3.05, 3.63) is 35.5 Å². The number of hydrogen-bond donors (Lipinski definition) is 2. The summed E-state index contributed by atoms with van der Waals surface area (Å²) in [6.07, 6.45) is 1.55. The average Bonchev–Trinajstić information content (AvgIpc) is 2.38. The Kier molecular flexibility index (Phi) is 3.18. The molecule has 0 aliphatic rings. The Hall–Kier alpha value is -2.50. The van der Waals surface area contributed by atoms with Crippen LogP contribution in [0.1, 0.15) is 15.9 Å². The first-order chi connectivity index (χ1) is 8.61. The molecule has 0 unspecified atom stereocenters. The molecule has 0 radical (unpaired) electrons. The molecule has 92 valence electrons. The highest BCUT2D eigenvalue weighted by atomic mass is 16.1. The largest absolute Gasteiger partial charge is 0.366 e. The fourth-order valence-electron chi connectivity index (χ4n) is 1.63. The number of nitrogen functional groups attached to an aromatic ring is 1. The Morgan fingerprint density at radius 3 is 2.67 bits per heavy atom. The molecule has 1 aromatic carbocycles. The van der Waals surface area contributed by atoms with E-state index in [0.717, 1.165) is 11.1 Å². The van der Waals surface area contributed by atoms with Crippen LogP contribution in [-0.2, 0) is 0 Å². The van der Waals surface area contributed by atoms with E-state index in [1.165, 1.54) is 0 Å². The van der Waals surface area contributed by atoms with Crippen molar-refractivity contribution in [3.63, 3.8) is 0 Å². The van der Waals surface area contributed by atoms with Crippen molar-refractivity contribution in [1.82, 2.24) is 20.5 Å². The molecule has 0 saturated heterocycles. The summed E-state index contributed by atoms with van der Waals surface area (Å²) in [5.41, 5.74) is 8.35. The van der Waals surface area contributed by atoms with E-state index >= 15 is 0 Å². The van der Waals surface area contributed by atoms with Gasteiger partial charge in [-0.2, -0.15) is 0 Å². The number of aromatic nitrogens is 3. The van der Waals surface area contributed by atoms with Gasteiger partial charge < -0.3 is 11.1 Å². The van der Waals surface area contributed by atoms with E-state index in [1.807, 2.05) is 13.0 Å². The fraction of sp³-hybridized carbons (Fsp3) is 0.167. The van der Waals surface area contributed by atoms with Crippen LogP contribution in [-0.4, -0.2) is 28.1 Å². The predicted octanol–water partition coefficient (Wildman–Crippen LogP) is 0.789. The van der Waals surface area contributed by atoms with Gasteiger partial charge >= 0.3 is 0 Å². The molecule has 0 atom stereocenters. The Morgan fingerprint density at radius 2 is 2.11 bits per heavy atom. The lowest BCUT2D eigenvalue weighted by Crippen LogP contribution is -2.18. The molecule has 6 heteroatoms. The van der Waals surface area contributed by atoms with Crippen molar-refractivity contribution < 1.29 is 4.79 Å². The highest BCUT2D eigenvalue weighted by molar-refractivity contribution is 5.95. The molecule has 0 fully saturated rings. The highest BCUT2D eigenvalue weighted by Crippen LogP contribution is 2.19. The molecule has 1 amide bonds. The summed E-state index contributed by atoms with van der Waals surface area (Å²) in [5.74, 6) is 0.0259. The predicted molar refractivity (Wildman–Crippen MR) is 67.8 cm³/mol. The van der Waals surface area contributed by atoms with Crippen molar-refractivity contribution in [2.45, 2.75) is 6.92 Å². The van der Waals surface area contributed by atoms with Crippen molar-refractivity contribution in [2.24, 2.45) is 0 Å². The first-order valence-electron chi connectivity index (χ1n) is 5.40. The summed E-state index contributed by atoms with van der Waals surface area (Å²) in [6.45, 7) is 1.87. The molecule has 3 N–H and O–H groups in total. The third-order valence-corrected chi connectivity index (χ3v) is 2.57. The van der Waals surface area contributed by atoms with E-state index < -0.39 is 0 Å². The zero-order valence-corrected chi connectivity index (χ0v) is 10.1. The maximum Gasteiger partial charge on any atom is 0.251 e. The van der Waals surface area contributed by atoms with Gasteiger partial charge in [-0.15, -0.1) is 10.2 Å². The van der Waals surface area contributed by atoms with E-state index in [2.05, 4.69) is 20.5 Å². The minimum absolute atomic E-state index is 0.111. The van der Waals surface area contributed by atoms with E-state index in [4.69, 9.17) is 5.73 Å². The second-order valence-electron chi connectivity index (χ2n) is 3.81. The van der Waals surface area contributed by atoms with Gasteiger partial charge in [-0.05, 0) is 24.6 Å². The second-order valence-corrected chi connectivity index (χ2v) is 3.81. The van der Waals surface area contributed by atoms with Crippen LogP contribution in [0.15, 0.2) is 24.4 Å². The molecule has 6 nitrogen and oxygen atoms in total. The summed E-state index contributed by atoms with van der Waals surface area (Å²) in [5, 5.41) is 10.2. The molecule has 0 saturated carbocycles. The van der Waals surface area contributed by atoms with E-state index in [9.17, 15) is 4.79 Å². The van der Waals surface area contributed by atoms with Crippen LogP contribution in [0.3, 0.4) is 0 Å². The van der Waals surface area contributed by atoms with Crippen molar-refractivity contribution in [2.75, 3.05) is 12.8 Å². The third-order valence-electron chi connectivity index (χ3n) is 2.57. The first kappa shape index (κ1) is 12.0. The molecular formula is C12H13N5O. The smallest absolute Gasteiger partial charge is 0.251 e. The lowest BCUT2D eigenvalue weighted by atomic mass is 10.0. The molecular weight excluding hydrogens is 230 g/mol. The molecule has 1 heterocycles. The van der Waals surface area contributed by atoms with Crippen LogP contribution in [0.5, 0.6) is 0 Å². The number of hydrogen-bond acceptors (Lipinski definition) is 5. The zero-order valence-electron chi connectivity index (χ0n) is 10.1. The topological polar surface area (TPSA) is 93.8 Å². The van der Waals surface area contributed by atoms with Crippen LogP contribution in [0.25, 0.3) is 11.3 Å².